The van der Waals surface area contributed by atoms with Crippen LogP contribution in [0.15, 0.2) is 10.3 Å². The van der Waals surface area contributed by atoms with Gasteiger partial charge in [0.15, 0.2) is 10.3 Å². The van der Waals surface area contributed by atoms with E-state index in [0.29, 0.717) is 0 Å². The lowest BCUT2D eigenvalue weighted by atomic mass is 10.5. The van der Waals surface area contributed by atoms with Crippen molar-refractivity contribution < 1.29 is 0 Å². The Bertz CT molecular complexity index is 230. The molecule has 0 saturated carbocycles. The van der Waals surface area contributed by atoms with Gasteiger partial charge in [-0.2, -0.15) is 0 Å². The zero-order chi connectivity index (χ0) is 8.97. The minimum atomic E-state index is 0. The van der Waals surface area contributed by atoms with Crippen LogP contribution in [-0.2, 0) is 6.54 Å². The summed E-state index contributed by atoms with van der Waals surface area (Å²) in [5.74, 6) is 0. The van der Waals surface area contributed by atoms with E-state index >= 15 is 0 Å². The second-order valence-corrected chi connectivity index (χ2v) is 3.87. The van der Waals surface area contributed by atoms with Crippen molar-refractivity contribution in [3.05, 3.63) is 0 Å². The van der Waals surface area contributed by atoms with E-state index in [1.165, 1.54) is 0 Å². The topological polar surface area (TPSA) is 30.7 Å². The van der Waals surface area contributed by atoms with Gasteiger partial charge in [-0.15, -0.1) is 34.2 Å². The molecule has 1 aromatic heterocycles. The predicted molar refractivity (Wildman–Crippen MR) is 69.3 cm³/mol. The van der Waals surface area contributed by atoms with E-state index in [2.05, 4.69) is 21.7 Å². The normalized spacial score (nSPS) is 9.77. The number of rotatable bonds is 4. The molecular weight excluding hydrogens is 317 g/mol. The molecule has 0 aromatic carbocycles. The second kappa shape index (κ2) is 6.94. The van der Waals surface area contributed by atoms with Gasteiger partial charge in [0.2, 0.25) is 0 Å². The standard InChI is InChI=1S/C7H13N3S2.HI/c1-4-5-10-6(11-2)8-9-7(10)12-3;/h4-5H2,1-3H3;1H. The summed E-state index contributed by atoms with van der Waals surface area (Å²) in [6.07, 6.45) is 5.18. The lowest BCUT2D eigenvalue weighted by molar-refractivity contribution is 0.576. The van der Waals surface area contributed by atoms with Crippen LogP contribution in [0.1, 0.15) is 13.3 Å². The van der Waals surface area contributed by atoms with Gasteiger partial charge in [0, 0.05) is 6.54 Å². The molecule has 0 bridgehead atoms. The smallest absolute Gasteiger partial charge is 0.191 e. The number of thioether (sulfide) groups is 2. The third-order valence-corrected chi connectivity index (χ3v) is 2.83. The Kier molecular flexibility index (Phi) is 7.25. The van der Waals surface area contributed by atoms with E-state index in [-0.39, 0.29) is 24.0 Å². The fourth-order valence-corrected chi connectivity index (χ4v) is 2.09. The van der Waals surface area contributed by atoms with Crippen LogP contribution >= 0.6 is 47.5 Å². The Balaban J connectivity index is 0.00000144. The van der Waals surface area contributed by atoms with Crippen LogP contribution in [0.25, 0.3) is 0 Å². The summed E-state index contributed by atoms with van der Waals surface area (Å²) in [4.78, 5) is 0. The molecule has 0 fully saturated rings. The van der Waals surface area contributed by atoms with Gasteiger partial charge in [0.1, 0.15) is 0 Å². The summed E-state index contributed by atoms with van der Waals surface area (Å²) in [5, 5.41) is 10.2. The summed E-state index contributed by atoms with van der Waals surface area (Å²) < 4.78 is 2.16. The van der Waals surface area contributed by atoms with Gasteiger partial charge in [0.25, 0.3) is 0 Å². The monoisotopic (exact) mass is 331 g/mol. The number of hydrogen-bond donors (Lipinski definition) is 0. The minimum absolute atomic E-state index is 0. The third-order valence-electron chi connectivity index (χ3n) is 1.50. The molecule has 0 aliphatic carbocycles. The lowest BCUT2D eigenvalue weighted by Crippen LogP contribution is -1.99. The Morgan fingerprint density at radius 3 is 1.92 bits per heavy atom. The zero-order valence-electron chi connectivity index (χ0n) is 7.98. The molecule has 6 heteroatoms. The quantitative estimate of drug-likeness (QED) is 0.627. The van der Waals surface area contributed by atoms with Gasteiger partial charge < -0.3 is 0 Å². The highest BCUT2D eigenvalue weighted by molar-refractivity contribution is 14.0. The van der Waals surface area contributed by atoms with Crippen molar-refractivity contribution in [2.24, 2.45) is 0 Å². The predicted octanol–water partition coefficient (Wildman–Crippen LogP) is 2.75. The number of nitrogens with zero attached hydrogens (tertiary/aromatic N) is 3. The average molecular weight is 331 g/mol. The maximum absolute atomic E-state index is 4.08. The van der Waals surface area contributed by atoms with Crippen LogP contribution in [0.2, 0.25) is 0 Å². The molecular formula is C7H14IN3S2. The van der Waals surface area contributed by atoms with Gasteiger partial charge in [-0.3, -0.25) is 4.57 Å². The summed E-state index contributed by atoms with van der Waals surface area (Å²) in [6.45, 7) is 3.17. The summed E-state index contributed by atoms with van der Waals surface area (Å²) in [7, 11) is 0. The largest absolute Gasteiger partial charge is 0.297 e. The Morgan fingerprint density at radius 2 is 1.62 bits per heavy atom. The molecule has 1 heterocycles. The molecule has 1 rings (SSSR count). The zero-order valence-corrected chi connectivity index (χ0v) is 11.9. The molecule has 0 amide bonds. The van der Waals surface area contributed by atoms with Gasteiger partial charge in [-0.25, -0.2) is 0 Å². The molecule has 3 nitrogen and oxygen atoms in total. The van der Waals surface area contributed by atoms with Gasteiger partial charge in [0.05, 0.1) is 0 Å². The van der Waals surface area contributed by atoms with Crippen molar-refractivity contribution in [3.63, 3.8) is 0 Å². The third kappa shape index (κ3) is 3.32. The van der Waals surface area contributed by atoms with Gasteiger partial charge in [-0.05, 0) is 18.9 Å². The van der Waals surface area contributed by atoms with E-state index in [1.807, 2.05) is 12.5 Å². The van der Waals surface area contributed by atoms with Crippen LogP contribution in [0.3, 0.4) is 0 Å². The molecule has 0 aliphatic rings. The van der Waals surface area contributed by atoms with Gasteiger partial charge in [-0.1, -0.05) is 30.4 Å². The summed E-state index contributed by atoms with van der Waals surface area (Å²) >= 11 is 3.30. The summed E-state index contributed by atoms with van der Waals surface area (Å²) in [6, 6.07) is 0. The van der Waals surface area contributed by atoms with Crippen molar-refractivity contribution >= 4 is 47.5 Å². The van der Waals surface area contributed by atoms with Crippen molar-refractivity contribution in [2.75, 3.05) is 12.5 Å². The Hall–Kier alpha value is 0.570. The van der Waals surface area contributed by atoms with E-state index < -0.39 is 0 Å². The second-order valence-electron chi connectivity index (χ2n) is 2.33. The van der Waals surface area contributed by atoms with Crippen LogP contribution in [0.5, 0.6) is 0 Å². The SMILES string of the molecule is CCCn1c(SC)nnc1SC.I. The maximum atomic E-state index is 4.08. The molecule has 0 N–H and O–H groups in total. The molecule has 13 heavy (non-hydrogen) atoms. The maximum Gasteiger partial charge on any atom is 0.191 e. The molecule has 0 radical (unpaired) electrons. The molecule has 0 unspecified atom stereocenters. The van der Waals surface area contributed by atoms with Crippen molar-refractivity contribution in [2.45, 2.75) is 30.2 Å². The average Bonchev–Trinajstić information content (AvgIpc) is 2.48. The first-order chi connectivity index (χ1) is 5.83. The van der Waals surface area contributed by atoms with Crippen molar-refractivity contribution in [1.82, 2.24) is 14.8 Å². The highest BCUT2D eigenvalue weighted by atomic mass is 127. The Morgan fingerprint density at radius 1 is 1.15 bits per heavy atom. The molecule has 0 saturated heterocycles. The van der Waals surface area contributed by atoms with Crippen molar-refractivity contribution in [1.29, 1.82) is 0 Å². The number of hydrogen-bond acceptors (Lipinski definition) is 4. The number of halogens is 1. The Labute approximate surface area is 104 Å². The molecule has 0 spiro atoms. The fourth-order valence-electron chi connectivity index (χ4n) is 0.992. The van der Waals surface area contributed by atoms with Crippen LogP contribution in [-0.4, -0.2) is 27.3 Å². The molecule has 0 aliphatic heterocycles. The first-order valence-electron chi connectivity index (χ1n) is 3.84. The minimum Gasteiger partial charge on any atom is -0.297 e. The van der Waals surface area contributed by atoms with Gasteiger partial charge >= 0.3 is 0 Å². The van der Waals surface area contributed by atoms with E-state index in [0.717, 1.165) is 23.3 Å². The number of aromatic nitrogens is 3. The molecule has 76 valence electrons. The van der Waals surface area contributed by atoms with Crippen LogP contribution in [0.4, 0.5) is 0 Å². The van der Waals surface area contributed by atoms with Crippen LogP contribution < -0.4 is 0 Å². The van der Waals surface area contributed by atoms with E-state index in [4.69, 9.17) is 0 Å². The van der Waals surface area contributed by atoms with E-state index in [9.17, 15) is 0 Å². The lowest BCUT2D eigenvalue weighted by Gasteiger charge is -2.04. The summed E-state index contributed by atoms with van der Waals surface area (Å²) in [5.41, 5.74) is 0. The highest BCUT2D eigenvalue weighted by Crippen LogP contribution is 2.19. The van der Waals surface area contributed by atoms with Crippen molar-refractivity contribution in [3.8, 4) is 0 Å². The first kappa shape index (κ1) is 13.6. The highest BCUT2D eigenvalue weighted by Gasteiger charge is 2.08. The molecule has 1 aromatic rings. The molecule has 0 atom stereocenters. The first-order valence-corrected chi connectivity index (χ1v) is 6.29. The van der Waals surface area contributed by atoms with Crippen LogP contribution in [0, 0.1) is 0 Å². The van der Waals surface area contributed by atoms with E-state index in [1.54, 1.807) is 23.5 Å². The fraction of sp³-hybridized carbons (Fsp3) is 0.714.